The van der Waals surface area contributed by atoms with E-state index in [0.717, 1.165) is 6.42 Å². The van der Waals surface area contributed by atoms with Crippen molar-refractivity contribution in [3.8, 4) is 0 Å². The number of halogens is 2. The summed E-state index contributed by atoms with van der Waals surface area (Å²) in [5.41, 5.74) is 0. The predicted molar refractivity (Wildman–Crippen MR) is 104 cm³/mol. The Bertz CT molecular complexity index is 733. The quantitative estimate of drug-likeness (QED) is 0.733. The molecule has 0 aromatic heterocycles. The molecule has 0 atom stereocenters. The predicted octanol–water partition coefficient (Wildman–Crippen LogP) is 2.46. The molecule has 1 amide bonds. The number of carbonyl (C=O) groups is 1. The van der Waals surface area contributed by atoms with Gasteiger partial charge < -0.3 is 5.32 Å². The molecule has 1 fully saturated rings. The van der Waals surface area contributed by atoms with Gasteiger partial charge in [-0.25, -0.2) is 8.42 Å². The van der Waals surface area contributed by atoms with Crippen molar-refractivity contribution in [1.29, 1.82) is 0 Å². The second-order valence-electron chi connectivity index (χ2n) is 6.79. The Balaban J connectivity index is 1.87. The molecule has 0 spiro atoms. The van der Waals surface area contributed by atoms with Gasteiger partial charge in [0.15, 0.2) is 0 Å². The Labute approximate surface area is 165 Å². The van der Waals surface area contributed by atoms with Gasteiger partial charge in [-0.15, -0.1) is 0 Å². The molecule has 0 aliphatic carbocycles. The normalized spacial score (nSPS) is 16.8. The summed E-state index contributed by atoms with van der Waals surface area (Å²) in [4.78, 5) is 14.0. The van der Waals surface area contributed by atoms with Crippen LogP contribution >= 0.6 is 23.2 Å². The van der Waals surface area contributed by atoms with Crippen LogP contribution in [0.5, 0.6) is 0 Å². The van der Waals surface area contributed by atoms with Gasteiger partial charge >= 0.3 is 0 Å². The maximum atomic E-state index is 12.7. The fraction of sp³-hybridized carbons (Fsp3) is 0.588. The molecule has 1 aliphatic rings. The Hall–Kier alpha value is -0.860. The van der Waals surface area contributed by atoms with Gasteiger partial charge in [-0.2, -0.15) is 4.31 Å². The zero-order chi connectivity index (χ0) is 19.3. The van der Waals surface area contributed by atoms with Gasteiger partial charge in [0.2, 0.25) is 15.9 Å². The molecule has 0 radical (unpaired) electrons. The van der Waals surface area contributed by atoms with Gasteiger partial charge in [0.1, 0.15) is 0 Å². The summed E-state index contributed by atoms with van der Waals surface area (Å²) in [6, 6.07) is 4.31. The van der Waals surface area contributed by atoms with Crippen molar-refractivity contribution in [2.75, 3.05) is 39.3 Å². The largest absolute Gasteiger partial charge is 0.355 e. The van der Waals surface area contributed by atoms with Crippen molar-refractivity contribution >= 4 is 39.1 Å². The van der Waals surface area contributed by atoms with E-state index in [4.69, 9.17) is 23.2 Å². The second-order valence-corrected chi connectivity index (χ2v) is 9.54. The average molecular weight is 422 g/mol. The van der Waals surface area contributed by atoms with Crippen LogP contribution in [0.3, 0.4) is 0 Å². The number of piperazine rings is 1. The van der Waals surface area contributed by atoms with Crippen molar-refractivity contribution in [3.63, 3.8) is 0 Å². The highest BCUT2D eigenvalue weighted by Gasteiger charge is 2.29. The van der Waals surface area contributed by atoms with Crippen LogP contribution in [-0.4, -0.2) is 62.8 Å². The summed E-state index contributed by atoms with van der Waals surface area (Å²) in [5, 5.41) is 3.43. The van der Waals surface area contributed by atoms with Crippen LogP contribution in [0.15, 0.2) is 23.1 Å². The van der Waals surface area contributed by atoms with Crippen LogP contribution < -0.4 is 5.32 Å². The van der Waals surface area contributed by atoms with Crippen LogP contribution in [0.4, 0.5) is 0 Å². The first kappa shape index (κ1) is 21.4. The van der Waals surface area contributed by atoms with Crippen molar-refractivity contribution in [2.24, 2.45) is 5.92 Å². The Morgan fingerprint density at radius 1 is 1.15 bits per heavy atom. The van der Waals surface area contributed by atoms with Gasteiger partial charge in [0.25, 0.3) is 0 Å². The molecule has 9 heteroatoms. The molecule has 1 saturated heterocycles. The summed E-state index contributed by atoms with van der Waals surface area (Å²) in [7, 11) is -3.61. The molecular weight excluding hydrogens is 397 g/mol. The molecule has 1 aromatic rings. The lowest BCUT2D eigenvalue weighted by Gasteiger charge is -2.33. The van der Waals surface area contributed by atoms with E-state index in [0.29, 0.717) is 50.2 Å². The minimum absolute atomic E-state index is 0.0218. The van der Waals surface area contributed by atoms with Gasteiger partial charge in [-0.3, -0.25) is 9.69 Å². The molecule has 0 saturated carbocycles. The Kier molecular flexibility index (Phi) is 7.73. The van der Waals surface area contributed by atoms with E-state index in [2.05, 4.69) is 19.2 Å². The molecule has 1 N–H and O–H groups in total. The zero-order valence-corrected chi connectivity index (χ0v) is 17.4. The first-order valence-corrected chi connectivity index (χ1v) is 10.8. The standard InChI is InChI=1S/C17H25Cl2N3O3S/c1-13(2)5-6-20-17(23)12-21-7-9-22(10-8-21)26(24,25)14-3-4-15(18)16(19)11-14/h3-4,11,13H,5-10,12H2,1-2H3,(H,20,23). The van der Waals surface area contributed by atoms with E-state index in [1.54, 1.807) is 0 Å². The highest BCUT2D eigenvalue weighted by atomic mass is 35.5. The molecule has 6 nitrogen and oxygen atoms in total. The van der Waals surface area contributed by atoms with E-state index in [1.807, 2.05) is 4.90 Å². The second kappa shape index (κ2) is 9.37. The third-order valence-electron chi connectivity index (χ3n) is 4.27. The van der Waals surface area contributed by atoms with E-state index in [9.17, 15) is 13.2 Å². The number of sulfonamides is 1. The van der Waals surface area contributed by atoms with E-state index in [-0.39, 0.29) is 15.8 Å². The van der Waals surface area contributed by atoms with Crippen molar-refractivity contribution in [1.82, 2.24) is 14.5 Å². The molecule has 1 aromatic carbocycles. The van der Waals surface area contributed by atoms with Crippen LogP contribution in [0.25, 0.3) is 0 Å². The molecule has 1 heterocycles. The highest BCUT2D eigenvalue weighted by molar-refractivity contribution is 7.89. The lowest BCUT2D eigenvalue weighted by atomic mass is 10.1. The molecular formula is C17H25Cl2N3O3S. The summed E-state index contributed by atoms with van der Waals surface area (Å²) in [6.07, 6.45) is 0.946. The molecule has 2 rings (SSSR count). The van der Waals surface area contributed by atoms with Gasteiger partial charge in [0, 0.05) is 32.7 Å². The topological polar surface area (TPSA) is 69.7 Å². The van der Waals surface area contributed by atoms with Gasteiger partial charge in [-0.1, -0.05) is 37.0 Å². The SMILES string of the molecule is CC(C)CCNC(=O)CN1CCN(S(=O)(=O)c2ccc(Cl)c(Cl)c2)CC1. The van der Waals surface area contributed by atoms with Gasteiger partial charge in [0.05, 0.1) is 21.5 Å². The summed E-state index contributed by atoms with van der Waals surface area (Å²) in [6.45, 7) is 6.88. The van der Waals surface area contributed by atoms with E-state index in [1.165, 1.54) is 22.5 Å². The fourth-order valence-corrected chi connectivity index (χ4v) is 4.49. The zero-order valence-electron chi connectivity index (χ0n) is 15.0. The number of rotatable bonds is 7. The van der Waals surface area contributed by atoms with E-state index >= 15 is 0 Å². The lowest BCUT2D eigenvalue weighted by Crippen LogP contribution is -2.51. The fourth-order valence-electron chi connectivity index (χ4n) is 2.67. The third kappa shape index (κ3) is 5.82. The number of nitrogens with zero attached hydrogens (tertiary/aromatic N) is 2. The number of nitrogens with one attached hydrogen (secondary N) is 1. The molecule has 1 aliphatic heterocycles. The van der Waals surface area contributed by atoms with Crippen LogP contribution in [0, 0.1) is 5.92 Å². The number of carbonyl (C=O) groups excluding carboxylic acids is 1. The monoisotopic (exact) mass is 421 g/mol. The minimum Gasteiger partial charge on any atom is -0.355 e. The third-order valence-corrected chi connectivity index (χ3v) is 6.90. The molecule has 26 heavy (non-hydrogen) atoms. The molecule has 0 bridgehead atoms. The maximum absolute atomic E-state index is 12.7. The Morgan fingerprint density at radius 3 is 2.38 bits per heavy atom. The van der Waals surface area contributed by atoms with Crippen molar-refractivity contribution in [3.05, 3.63) is 28.2 Å². The van der Waals surface area contributed by atoms with E-state index < -0.39 is 10.0 Å². The molecule has 146 valence electrons. The first-order chi connectivity index (χ1) is 12.2. The first-order valence-electron chi connectivity index (χ1n) is 8.64. The van der Waals surface area contributed by atoms with Crippen molar-refractivity contribution in [2.45, 2.75) is 25.2 Å². The van der Waals surface area contributed by atoms with Crippen LogP contribution in [0.2, 0.25) is 10.0 Å². The summed E-state index contributed by atoms with van der Waals surface area (Å²) in [5.74, 6) is 0.525. The Morgan fingerprint density at radius 2 is 1.81 bits per heavy atom. The maximum Gasteiger partial charge on any atom is 0.243 e. The lowest BCUT2D eigenvalue weighted by molar-refractivity contribution is -0.122. The highest BCUT2D eigenvalue weighted by Crippen LogP contribution is 2.26. The van der Waals surface area contributed by atoms with Gasteiger partial charge in [-0.05, 0) is 30.5 Å². The molecule has 0 unspecified atom stereocenters. The number of hydrogen-bond donors (Lipinski definition) is 1. The number of benzene rings is 1. The number of amides is 1. The number of hydrogen-bond acceptors (Lipinski definition) is 4. The average Bonchev–Trinajstić information content (AvgIpc) is 2.57. The van der Waals surface area contributed by atoms with Crippen LogP contribution in [-0.2, 0) is 14.8 Å². The summed E-state index contributed by atoms with van der Waals surface area (Å²) < 4.78 is 26.8. The summed E-state index contributed by atoms with van der Waals surface area (Å²) >= 11 is 11.8. The van der Waals surface area contributed by atoms with Crippen LogP contribution in [0.1, 0.15) is 20.3 Å². The minimum atomic E-state index is -3.61. The van der Waals surface area contributed by atoms with Crippen molar-refractivity contribution < 1.29 is 13.2 Å². The smallest absolute Gasteiger partial charge is 0.243 e.